The van der Waals surface area contributed by atoms with Crippen LogP contribution in [0.3, 0.4) is 0 Å². The van der Waals surface area contributed by atoms with Crippen LogP contribution in [-0.2, 0) is 9.53 Å². The highest BCUT2D eigenvalue weighted by Crippen LogP contribution is 2.13. The van der Waals surface area contributed by atoms with E-state index >= 15 is 0 Å². The third kappa shape index (κ3) is 6.80. The largest absolute Gasteiger partial charge is 0.484 e. The number of benzene rings is 1. The number of nitrogens with one attached hydrogen (secondary N) is 1. The Morgan fingerprint density at radius 3 is 2.72 bits per heavy atom. The molecule has 0 spiro atoms. The maximum atomic E-state index is 11.4. The van der Waals surface area contributed by atoms with Gasteiger partial charge < -0.3 is 14.8 Å². The third-order valence-corrected chi connectivity index (χ3v) is 2.89. The highest BCUT2D eigenvalue weighted by molar-refractivity contribution is 14.1. The summed E-state index contributed by atoms with van der Waals surface area (Å²) in [7, 11) is 0. The minimum Gasteiger partial charge on any atom is -0.484 e. The summed E-state index contributed by atoms with van der Waals surface area (Å²) in [6, 6.07) is 7.58. The van der Waals surface area contributed by atoms with Gasteiger partial charge in [0.1, 0.15) is 5.75 Å². The Hall–Kier alpha value is -0.820. The third-order valence-electron chi connectivity index (χ3n) is 2.18. The molecule has 0 atom stereocenters. The second-order valence-corrected chi connectivity index (χ2v) is 4.89. The first-order valence-electron chi connectivity index (χ1n) is 5.95. The number of carbonyl (C=O) groups is 1. The van der Waals surface area contributed by atoms with Crippen LogP contribution in [-0.4, -0.2) is 32.3 Å². The van der Waals surface area contributed by atoms with Crippen LogP contribution in [0.1, 0.15) is 13.3 Å². The van der Waals surface area contributed by atoms with E-state index in [1.807, 2.05) is 31.2 Å². The van der Waals surface area contributed by atoms with E-state index in [9.17, 15) is 4.79 Å². The van der Waals surface area contributed by atoms with E-state index in [1.165, 1.54) is 0 Å². The Balaban J connectivity index is 2.11. The lowest BCUT2D eigenvalue weighted by Gasteiger charge is -2.07. The van der Waals surface area contributed by atoms with Crippen LogP contribution in [0.2, 0.25) is 0 Å². The smallest absolute Gasteiger partial charge is 0.257 e. The molecule has 0 radical (unpaired) electrons. The molecule has 0 fully saturated rings. The molecule has 0 saturated carbocycles. The first kappa shape index (κ1) is 15.2. The molecule has 1 aromatic rings. The van der Waals surface area contributed by atoms with Gasteiger partial charge >= 0.3 is 0 Å². The van der Waals surface area contributed by atoms with E-state index in [4.69, 9.17) is 9.47 Å². The summed E-state index contributed by atoms with van der Waals surface area (Å²) in [5, 5.41) is 2.78. The second kappa shape index (κ2) is 9.16. The summed E-state index contributed by atoms with van der Waals surface area (Å²) in [4.78, 5) is 11.4. The zero-order chi connectivity index (χ0) is 13.2. The first-order valence-corrected chi connectivity index (χ1v) is 7.03. The maximum absolute atomic E-state index is 11.4. The molecule has 4 nitrogen and oxygen atoms in total. The minimum absolute atomic E-state index is 0.0508. The van der Waals surface area contributed by atoms with Crippen LogP contribution in [0.4, 0.5) is 0 Å². The molecule has 18 heavy (non-hydrogen) atoms. The maximum Gasteiger partial charge on any atom is 0.257 e. The number of carbonyl (C=O) groups excluding carboxylic acids is 1. The Labute approximate surface area is 121 Å². The van der Waals surface area contributed by atoms with E-state index < -0.39 is 0 Å². The summed E-state index contributed by atoms with van der Waals surface area (Å²) in [6.07, 6.45) is 0.823. The van der Waals surface area contributed by atoms with Crippen molar-refractivity contribution in [2.24, 2.45) is 0 Å². The first-order chi connectivity index (χ1) is 8.72. The molecule has 0 aliphatic heterocycles. The highest BCUT2D eigenvalue weighted by Gasteiger charge is 2.01. The van der Waals surface area contributed by atoms with Crippen LogP contribution in [0.5, 0.6) is 5.75 Å². The van der Waals surface area contributed by atoms with Crippen molar-refractivity contribution in [3.63, 3.8) is 0 Å². The fourth-order valence-corrected chi connectivity index (χ4v) is 1.64. The van der Waals surface area contributed by atoms with Crippen molar-refractivity contribution < 1.29 is 14.3 Å². The van der Waals surface area contributed by atoms with E-state index in [0.29, 0.717) is 25.5 Å². The topological polar surface area (TPSA) is 47.6 Å². The number of hydrogen-bond acceptors (Lipinski definition) is 3. The molecule has 5 heteroatoms. The molecular weight excluding hydrogens is 345 g/mol. The molecule has 0 unspecified atom stereocenters. The van der Waals surface area contributed by atoms with Gasteiger partial charge in [-0.2, -0.15) is 0 Å². The number of rotatable bonds is 8. The Morgan fingerprint density at radius 1 is 1.33 bits per heavy atom. The number of halogens is 1. The van der Waals surface area contributed by atoms with Crippen molar-refractivity contribution in [3.05, 3.63) is 27.8 Å². The van der Waals surface area contributed by atoms with Gasteiger partial charge in [-0.05, 0) is 60.2 Å². The van der Waals surface area contributed by atoms with Gasteiger partial charge in [0.15, 0.2) is 6.61 Å². The average Bonchev–Trinajstić information content (AvgIpc) is 2.38. The Bertz CT molecular complexity index is 354. The number of ether oxygens (including phenoxy) is 2. The van der Waals surface area contributed by atoms with Gasteiger partial charge in [-0.1, -0.05) is 0 Å². The summed E-state index contributed by atoms with van der Waals surface area (Å²) in [6.45, 7) is 4.01. The van der Waals surface area contributed by atoms with Crippen molar-refractivity contribution in [2.45, 2.75) is 13.3 Å². The van der Waals surface area contributed by atoms with Crippen LogP contribution in [0, 0.1) is 3.57 Å². The van der Waals surface area contributed by atoms with Gasteiger partial charge in [0.05, 0.1) is 0 Å². The van der Waals surface area contributed by atoms with Crippen LogP contribution in [0.25, 0.3) is 0 Å². The predicted octanol–water partition coefficient (Wildman–Crippen LogP) is 2.21. The molecule has 1 N–H and O–H groups in total. The second-order valence-electron chi connectivity index (χ2n) is 3.64. The van der Waals surface area contributed by atoms with Crippen molar-refractivity contribution in [3.8, 4) is 5.75 Å². The quantitative estimate of drug-likeness (QED) is 0.569. The number of hydrogen-bond donors (Lipinski definition) is 1. The van der Waals surface area contributed by atoms with Gasteiger partial charge in [-0.3, -0.25) is 4.79 Å². The molecule has 100 valence electrons. The molecule has 0 aliphatic rings. The Morgan fingerprint density at radius 2 is 2.06 bits per heavy atom. The monoisotopic (exact) mass is 363 g/mol. The normalized spacial score (nSPS) is 10.1. The minimum atomic E-state index is -0.106. The standard InChI is InChI=1S/C13H18INO3/c1-2-17-9-3-8-15-13(16)10-18-12-6-4-11(14)5-7-12/h4-7H,2-3,8-10H2,1H3,(H,15,16). The van der Waals surface area contributed by atoms with Gasteiger partial charge in [0, 0.05) is 23.3 Å². The van der Waals surface area contributed by atoms with Crippen LogP contribution in [0.15, 0.2) is 24.3 Å². The zero-order valence-electron chi connectivity index (χ0n) is 10.4. The van der Waals surface area contributed by atoms with Gasteiger partial charge in [-0.25, -0.2) is 0 Å². The summed E-state index contributed by atoms with van der Waals surface area (Å²) in [5.74, 6) is 0.602. The van der Waals surface area contributed by atoms with Crippen LogP contribution >= 0.6 is 22.6 Å². The zero-order valence-corrected chi connectivity index (χ0v) is 12.6. The predicted molar refractivity (Wildman–Crippen MR) is 78.8 cm³/mol. The van der Waals surface area contributed by atoms with Crippen molar-refractivity contribution >= 4 is 28.5 Å². The highest BCUT2D eigenvalue weighted by atomic mass is 127. The molecular formula is C13H18INO3. The fourth-order valence-electron chi connectivity index (χ4n) is 1.28. The lowest BCUT2D eigenvalue weighted by atomic mass is 10.3. The average molecular weight is 363 g/mol. The van der Waals surface area contributed by atoms with Gasteiger partial charge in [-0.15, -0.1) is 0 Å². The lowest BCUT2D eigenvalue weighted by molar-refractivity contribution is -0.123. The molecule has 0 aliphatic carbocycles. The van der Waals surface area contributed by atoms with Crippen molar-refractivity contribution in [1.82, 2.24) is 5.32 Å². The molecule has 0 aromatic heterocycles. The van der Waals surface area contributed by atoms with E-state index in [2.05, 4.69) is 27.9 Å². The molecule has 0 bridgehead atoms. The van der Waals surface area contributed by atoms with Crippen molar-refractivity contribution in [2.75, 3.05) is 26.4 Å². The lowest BCUT2D eigenvalue weighted by Crippen LogP contribution is -2.30. The van der Waals surface area contributed by atoms with E-state index in [0.717, 1.165) is 9.99 Å². The SMILES string of the molecule is CCOCCCNC(=O)COc1ccc(I)cc1. The van der Waals surface area contributed by atoms with E-state index in [-0.39, 0.29) is 12.5 Å². The van der Waals surface area contributed by atoms with Crippen molar-refractivity contribution in [1.29, 1.82) is 0 Å². The van der Waals surface area contributed by atoms with Gasteiger partial charge in [0.25, 0.3) is 5.91 Å². The molecule has 0 saturated heterocycles. The summed E-state index contributed by atoms with van der Waals surface area (Å²) in [5.41, 5.74) is 0. The molecule has 1 amide bonds. The number of amides is 1. The van der Waals surface area contributed by atoms with Crippen LogP contribution < -0.4 is 10.1 Å². The Kier molecular flexibility index (Phi) is 7.75. The summed E-state index contributed by atoms with van der Waals surface area (Å²) < 4.78 is 11.7. The summed E-state index contributed by atoms with van der Waals surface area (Å²) >= 11 is 2.22. The molecule has 1 aromatic carbocycles. The van der Waals surface area contributed by atoms with E-state index in [1.54, 1.807) is 0 Å². The van der Waals surface area contributed by atoms with Gasteiger partial charge in [0.2, 0.25) is 0 Å². The molecule has 0 heterocycles. The fraction of sp³-hybridized carbons (Fsp3) is 0.462. The molecule has 1 rings (SSSR count).